The minimum atomic E-state index is -4.10. The second-order valence-corrected chi connectivity index (χ2v) is 4.81. The molecule has 0 saturated carbocycles. The van der Waals surface area contributed by atoms with Crippen molar-refractivity contribution in [2.75, 3.05) is 13.1 Å². The Morgan fingerprint density at radius 1 is 1.47 bits per heavy atom. The van der Waals surface area contributed by atoms with Gasteiger partial charge in [0, 0.05) is 25.5 Å². The number of nitrogens with zero attached hydrogens (tertiary/aromatic N) is 2. The Bertz CT molecular complexity index is 350. The van der Waals surface area contributed by atoms with Gasteiger partial charge in [0.25, 0.3) is 0 Å². The third-order valence-corrected chi connectivity index (χ3v) is 3.18. The van der Waals surface area contributed by atoms with E-state index in [4.69, 9.17) is 4.55 Å². The molecule has 0 aromatic heterocycles. The fraction of sp³-hybridized carbons (Fsp3) is 0.556. The summed E-state index contributed by atoms with van der Waals surface area (Å²) in [6.07, 6.45) is 5.73. The Labute approximate surface area is 90.4 Å². The maximum Gasteiger partial charge on any atom is 0.306 e. The fourth-order valence-electron chi connectivity index (χ4n) is 1.59. The highest BCUT2D eigenvalue weighted by Gasteiger charge is 2.35. The average molecular weight is 232 g/mol. The minimum Gasteiger partial charge on any atom is -0.342 e. The molecule has 1 aliphatic rings. The maximum absolute atomic E-state index is 11.2. The zero-order valence-corrected chi connectivity index (χ0v) is 9.52. The van der Waals surface area contributed by atoms with Gasteiger partial charge < -0.3 is 9.80 Å². The lowest BCUT2D eigenvalue weighted by Crippen LogP contribution is -2.44. The highest BCUT2D eigenvalue weighted by atomic mass is 32.2. The van der Waals surface area contributed by atoms with Gasteiger partial charge in [0.1, 0.15) is 0 Å². The molecule has 0 spiro atoms. The number of hydrogen-bond donors (Lipinski definition) is 1. The molecule has 0 bridgehead atoms. The van der Waals surface area contributed by atoms with Gasteiger partial charge >= 0.3 is 10.1 Å². The standard InChI is InChI=1S/C9H16N2O3S/c1-3-5-10-7-8-11(6-4-2)9(10)15(12,13)14/h3,7-9H,1,4-6H2,2H3,(H,12,13,14). The molecule has 0 amide bonds. The zero-order valence-electron chi connectivity index (χ0n) is 8.70. The van der Waals surface area contributed by atoms with Crippen LogP contribution in [0.2, 0.25) is 0 Å². The Kier molecular flexibility index (Phi) is 3.76. The van der Waals surface area contributed by atoms with E-state index in [1.807, 2.05) is 6.92 Å². The molecule has 0 saturated heterocycles. The van der Waals surface area contributed by atoms with Crippen LogP contribution < -0.4 is 0 Å². The molecule has 1 heterocycles. The third-order valence-electron chi connectivity index (χ3n) is 2.11. The van der Waals surface area contributed by atoms with Crippen LogP contribution in [0.4, 0.5) is 0 Å². The van der Waals surface area contributed by atoms with Crippen molar-refractivity contribution in [2.24, 2.45) is 0 Å². The van der Waals surface area contributed by atoms with Crippen LogP contribution >= 0.6 is 0 Å². The third kappa shape index (κ3) is 2.73. The van der Waals surface area contributed by atoms with Crippen LogP contribution in [0.5, 0.6) is 0 Å². The van der Waals surface area contributed by atoms with Crippen molar-refractivity contribution in [2.45, 2.75) is 18.8 Å². The molecule has 0 aromatic carbocycles. The van der Waals surface area contributed by atoms with Crippen molar-refractivity contribution in [3.63, 3.8) is 0 Å². The van der Waals surface area contributed by atoms with Crippen LogP contribution in [-0.2, 0) is 10.1 Å². The SMILES string of the molecule is C=CCN1C=CN(CCC)C1S(=O)(=O)O. The fourth-order valence-corrected chi connectivity index (χ4v) is 2.61. The van der Waals surface area contributed by atoms with E-state index in [1.54, 1.807) is 23.4 Å². The van der Waals surface area contributed by atoms with Gasteiger partial charge in [-0.15, -0.1) is 6.58 Å². The van der Waals surface area contributed by atoms with Gasteiger partial charge in [-0.1, -0.05) is 13.0 Å². The molecule has 0 radical (unpaired) electrons. The van der Waals surface area contributed by atoms with Gasteiger partial charge in [-0.25, -0.2) is 0 Å². The average Bonchev–Trinajstić information content (AvgIpc) is 2.48. The van der Waals surface area contributed by atoms with E-state index in [0.717, 1.165) is 6.42 Å². The summed E-state index contributed by atoms with van der Waals surface area (Å²) in [5.41, 5.74) is -1.00. The molecule has 1 atom stereocenters. The summed E-state index contributed by atoms with van der Waals surface area (Å²) in [4.78, 5) is 3.12. The van der Waals surface area contributed by atoms with E-state index in [0.29, 0.717) is 13.1 Å². The first-order chi connectivity index (χ1) is 7.00. The summed E-state index contributed by atoms with van der Waals surface area (Å²) >= 11 is 0. The maximum atomic E-state index is 11.2. The lowest BCUT2D eigenvalue weighted by Gasteiger charge is -2.28. The van der Waals surface area contributed by atoms with E-state index in [1.165, 1.54) is 4.90 Å². The predicted molar refractivity (Wildman–Crippen MR) is 58.4 cm³/mol. The van der Waals surface area contributed by atoms with Gasteiger partial charge in [-0.05, 0) is 6.42 Å². The van der Waals surface area contributed by atoms with Crippen LogP contribution in [-0.4, -0.2) is 41.4 Å². The minimum absolute atomic E-state index is 0.390. The summed E-state index contributed by atoms with van der Waals surface area (Å²) in [5, 5.41) is 0. The van der Waals surface area contributed by atoms with Gasteiger partial charge in [0.2, 0.25) is 5.50 Å². The molecular formula is C9H16N2O3S. The van der Waals surface area contributed by atoms with Crippen molar-refractivity contribution in [1.29, 1.82) is 0 Å². The molecule has 1 aliphatic heterocycles. The lowest BCUT2D eigenvalue weighted by atomic mass is 10.4. The van der Waals surface area contributed by atoms with E-state index in [-0.39, 0.29) is 0 Å². The van der Waals surface area contributed by atoms with Gasteiger partial charge in [-0.2, -0.15) is 8.42 Å². The topological polar surface area (TPSA) is 60.9 Å². The Balaban J connectivity index is 2.87. The summed E-state index contributed by atoms with van der Waals surface area (Å²) < 4.78 is 31.5. The summed E-state index contributed by atoms with van der Waals surface area (Å²) in [7, 11) is -4.10. The van der Waals surface area contributed by atoms with Crippen LogP contribution in [0.15, 0.2) is 25.1 Å². The predicted octanol–water partition coefficient (Wildman–Crippen LogP) is 0.843. The first-order valence-corrected chi connectivity index (χ1v) is 6.28. The van der Waals surface area contributed by atoms with Gasteiger partial charge in [-0.3, -0.25) is 4.55 Å². The number of rotatable bonds is 5. The first-order valence-electron chi connectivity index (χ1n) is 4.77. The zero-order chi connectivity index (χ0) is 11.5. The molecule has 0 fully saturated rings. The van der Waals surface area contributed by atoms with E-state index in [9.17, 15) is 8.42 Å². The largest absolute Gasteiger partial charge is 0.342 e. The molecule has 15 heavy (non-hydrogen) atoms. The van der Waals surface area contributed by atoms with Crippen molar-refractivity contribution in [1.82, 2.24) is 9.80 Å². The van der Waals surface area contributed by atoms with Crippen molar-refractivity contribution >= 4 is 10.1 Å². The monoisotopic (exact) mass is 232 g/mol. The van der Waals surface area contributed by atoms with E-state index < -0.39 is 15.6 Å². The van der Waals surface area contributed by atoms with Crippen molar-refractivity contribution in [3.8, 4) is 0 Å². The van der Waals surface area contributed by atoms with Crippen LogP contribution in [0, 0.1) is 0 Å². The molecular weight excluding hydrogens is 216 g/mol. The highest BCUT2D eigenvalue weighted by molar-refractivity contribution is 7.86. The first kappa shape index (κ1) is 12.1. The molecule has 0 aromatic rings. The number of hydrogen-bond acceptors (Lipinski definition) is 4. The quantitative estimate of drug-likeness (QED) is 0.562. The highest BCUT2D eigenvalue weighted by Crippen LogP contribution is 2.20. The second-order valence-electron chi connectivity index (χ2n) is 3.36. The van der Waals surface area contributed by atoms with E-state index >= 15 is 0 Å². The summed E-state index contributed by atoms with van der Waals surface area (Å²) in [6, 6.07) is 0. The molecule has 1 rings (SSSR count). The van der Waals surface area contributed by atoms with Crippen LogP contribution in [0.1, 0.15) is 13.3 Å². The Morgan fingerprint density at radius 2 is 2.07 bits per heavy atom. The molecule has 0 aliphatic carbocycles. The molecule has 6 heteroatoms. The lowest BCUT2D eigenvalue weighted by molar-refractivity contribution is 0.220. The smallest absolute Gasteiger partial charge is 0.306 e. The van der Waals surface area contributed by atoms with Gasteiger partial charge in [0.05, 0.1) is 0 Å². The molecule has 5 nitrogen and oxygen atoms in total. The Hall–Kier alpha value is -1.01. The van der Waals surface area contributed by atoms with Crippen molar-refractivity contribution in [3.05, 3.63) is 25.1 Å². The van der Waals surface area contributed by atoms with E-state index in [2.05, 4.69) is 6.58 Å². The van der Waals surface area contributed by atoms with Crippen LogP contribution in [0.25, 0.3) is 0 Å². The second kappa shape index (κ2) is 4.67. The molecule has 86 valence electrons. The van der Waals surface area contributed by atoms with Crippen molar-refractivity contribution < 1.29 is 13.0 Å². The summed E-state index contributed by atoms with van der Waals surface area (Å²) in [6.45, 7) is 6.47. The summed E-state index contributed by atoms with van der Waals surface area (Å²) in [5.74, 6) is 0. The van der Waals surface area contributed by atoms with Crippen LogP contribution in [0.3, 0.4) is 0 Å². The van der Waals surface area contributed by atoms with Gasteiger partial charge in [0.15, 0.2) is 0 Å². The molecule has 1 N–H and O–H groups in total. The Morgan fingerprint density at radius 3 is 2.53 bits per heavy atom. The molecule has 1 unspecified atom stereocenters. The normalized spacial score (nSPS) is 21.1.